The van der Waals surface area contributed by atoms with E-state index < -0.39 is 0 Å². The molecule has 7 heteroatoms. The minimum atomic E-state index is -0.0538. The van der Waals surface area contributed by atoms with Crippen LogP contribution in [0.1, 0.15) is 33.9 Å². The number of nitrogens with zero attached hydrogens (tertiary/aromatic N) is 4. The molecule has 0 spiro atoms. The summed E-state index contributed by atoms with van der Waals surface area (Å²) >= 11 is 7.80. The fourth-order valence-electron chi connectivity index (χ4n) is 3.15. The number of pyridine rings is 1. The third-order valence-electron chi connectivity index (χ3n) is 4.93. The molecule has 0 bridgehead atoms. The number of rotatable bonds is 4. The summed E-state index contributed by atoms with van der Waals surface area (Å²) in [5.41, 5.74) is 2.72. The van der Waals surface area contributed by atoms with Gasteiger partial charge in [0.2, 0.25) is 0 Å². The van der Waals surface area contributed by atoms with E-state index in [2.05, 4.69) is 10.1 Å². The molecule has 5 nitrogen and oxygen atoms in total. The van der Waals surface area contributed by atoms with Crippen LogP contribution in [0.15, 0.2) is 54.9 Å². The molecule has 0 aliphatic rings. The Labute approximate surface area is 172 Å². The summed E-state index contributed by atoms with van der Waals surface area (Å²) in [6.45, 7) is 3.96. The van der Waals surface area contributed by atoms with Crippen molar-refractivity contribution in [3.63, 3.8) is 0 Å². The summed E-state index contributed by atoms with van der Waals surface area (Å²) in [6.07, 6.45) is 3.48. The van der Waals surface area contributed by atoms with Crippen LogP contribution in [-0.2, 0) is 0 Å². The molecule has 1 amide bonds. The normalized spacial score (nSPS) is 12.3. The molecule has 142 valence electrons. The van der Waals surface area contributed by atoms with E-state index in [1.54, 1.807) is 17.3 Å². The second kappa shape index (κ2) is 7.37. The van der Waals surface area contributed by atoms with Gasteiger partial charge in [0.1, 0.15) is 4.83 Å². The maximum absolute atomic E-state index is 13.1. The van der Waals surface area contributed by atoms with Gasteiger partial charge in [-0.05, 0) is 49.7 Å². The van der Waals surface area contributed by atoms with Gasteiger partial charge in [0.25, 0.3) is 5.91 Å². The number of carbonyl (C=O) groups excluding carboxylic acids is 1. The van der Waals surface area contributed by atoms with E-state index in [1.807, 2.05) is 68.0 Å². The first-order valence-corrected chi connectivity index (χ1v) is 10.1. The van der Waals surface area contributed by atoms with Crippen molar-refractivity contribution in [2.24, 2.45) is 0 Å². The van der Waals surface area contributed by atoms with E-state index in [1.165, 1.54) is 11.3 Å². The Hall–Kier alpha value is -2.70. The molecule has 0 N–H and O–H groups in total. The number of benzene rings is 1. The third-order valence-corrected chi connectivity index (χ3v) is 6.34. The van der Waals surface area contributed by atoms with Gasteiger partial charge in [-0.2, -0.15) is 5.10 Å². The smallest absolute Gasteiger partial charge is 0.264 e. The van der Waals surface area contributed by atoms with Gasteiger partial charge in [-0.1, -0.05) is 23.7 Å². The van der Waals surface area contributed by atoms with Crippen molar-refractivity contribution < 1.29 is 4.79 Å². The van der Waals surface area contributed by atoms with Crippen LogP contribution in [0, 0.1) is 6.92 Å². The minimum absolute atomic E-state index is 0.0179. The fourth-order valence-corrected chi connectivity index (χ4v) is 4.53. The van der Waals surface area contributed by atoms with Crippen molar-refractivity contribution in [3.8, 4) is 5.69 Å². The zero-order chi connectivity index (χ0) is 19.8. The second-order valence-corrected chi connectivity index (χ2v) is 8.09. The van der Waals surface area contributed by atoms with E-state index in [0.29, 0.717) is 9.90 Å². The highest BCUT2D eigenvalue weighted by atomic mass is 35.5. The lowest BCUT2D eigenvalue weighted by Crippen LogP contribution is -2.29. The average molecular weight is 411 g/mol. The predicted octanol–water partition coefficient (Wildman–Crippen LogP) is 5.28. The van der Waals surface area contributed by atoms with Gasteiger partial charge in [-0.3, -0.25) is 9.78 Å². The second-order valence-electron chi connectivity index (χ2n) is 6.65. The van der Waals surface area contributed by atoms with Crippen LogP contribution in [0.3, 0.4) is 0 Å². The Morgan fingerprint density at radius 1 is 1.21 bits per heavy atom. The minimum Gasteiger partial charge on any atom is -0.334 e. The number of aromatic nitrogens is 3. The lowest BCUT2D eigenvalue weighted by Gasteiger charge is -2.24. The topological polar surface area (TPSA) is 51.0 Å². The molecule has 0 radical (unpaired) electrons. The first-order chi connectivity index (χ1) is 13.5. The Morgan fingerprint density at radius 2 is 1.93 bits per heavy atom. The zero-order valence-corrected chi connectivity index (χ0v) is 17.3. The maximum atomic E-state index is 13.1. The Balaban J connectivity index is 1.71. The molecule has 0 aliphatic carbocycles. The van der Waals surface area contributed by atoms with E-state index in [0.717, 1.165) is 27.2 Å². The lowest BCUT2D eigenvalue weighted by molar-refractivity contribution is 0.0747. The van der Waals surface area contributed by atoms with E-state index >= 15 is 0 Å². The maximum Gasteiger partial charge on any atom is 0.264 e. The number of hydrogen-bond acceptors (Lipinski definition) is 4. The highest BCUT2D eigenvalue weighted by Gasteiger charge is 2.23. The van der Waals surface area contributed by atoms with Crippen molar-refractivity contribution in [2.45, 2.75) is 19.9 Å². The third kappa shape index (κ3) is 3.19. The molecule has 1 unspecified atom stereocenters. The van der Waals surface area contributed by atoms with Gasteiger partial charge in [-0.15, -0.1) is 11.3 Å². The lowest BCUT2D eigenvalue weighted by atomic mass is 10.1. The molecular weight excluding hydrogens is 392 g/mol. The highest BCUT2D eigenvalue weighted by Crippen LogP contribution is 2.33. The Kier molecular flexibility index (Phi) is 4.91. The van der Waals surface area contributed by atoms with Gasteiger partial charge in [0, 0.05) is 24.8 Å². The van der Waals surface area contributed by atoms with Crippen molar-refractivity contribution in [3.05, 3.63) is 76.0 Å². The number of para-hydroxylation sites is 1. The molecule has 1 atom stereocenters. The summed E-state index contributed by atoms with van der Waals surface area (Å²) in [5, 5.41) is 6.21. The summed E-state index contributed by atoms with van der Waals surface area (Å²) in [5.74, 6) is -0.0179. The SMILES string of the molecule is Cc1nn(-c2ccccc2Cl)c2sc(C(=O)N(C)C(C)c3ccncc3)cc12. The largest absolute Gasteiger partial charge is 0.334 e. The van der Waals surface area contributed by atoms with Crippen LogP contribution in [0.2, 0.25) is 5.02 Å². The van der Waals surface area contributed by atoms with Crippen LogP contribution in [-0.4, -0.2) is 32.6 Å². The quantitative estimate of drug-likeness (QED) is 0.460. The highest BCUT2D eigenvalue weighted by molar-refractivity contribution is 7.20. The van der Waals surface area contributed by atoms with Crippen molar-refractivity contribution >= 4 is 39.1 Å². The first-order valence-electron chi connectivity index (χ1n) is 8.88. The van der Waals surface area contributed by atoms with E-state index in [9.17, 15) is 4.79 Å². The van der Waals surface area contributed by atoms with Gasteiger partial charge in [0.05, 0.1) is 27.3 Å². The van der Waals surface area contributed by atoms with Crippen LogP contribution in [0.25, 0.3) is 15.9 Å². The van der Waals surface area contributed by atoms with Crippen molar-refractivity contribution in [1.82, 2.24) is 19.7 Å². The first kappa shape index (κ1) is 18.7. The number of hydrogen-bond donors (Lipinski definition) is 0. The molecule has 1 aromatic carbocycles. The van der Waals surface area contributed by atoms with Gasteiger partial charge in [0.15, 0.2) is 0 Å². The summed E-state index contributed by atoms with van der Waals surface area (Å²) in [7, 11) is 1.82. The average Bonchev–Trinajstić information content (AvgIpc) is 3.28. The summed E-state index contributed by atoms with van der Waals surface area (Å²) < 4.78 is 1.82. The molecule has 0 aliphatic heterocycles. The van der Waals surface area contributed by atoms with Crippen LogP contribution in [0.4, 0.5) is 0 Å². The number of aryl methyl sites for hydroxylation is 1. The van der Waals surface area contributed by atoms with Crippen LogP contribution < -0.4 is 0 Å². The van der Waals surface area contributed by atoms with Gasteiger partial charge < -0.3 is 4.90 Å². The van der Waals surface area contributed by atoms with E-state index in [-0.39, 0.29) is 11.9 Å². The standard InChI is InChI=1S/C21H19ClN4OS/c1-13-16-12-19(20(27)25(3)14(2)15-8-10-23-11-9-15)28-21(16)26(24-13)18-7-5-4-6-17(18)22/h4-12,14H,1-3H3. The van der Waals surface area contributed by atoms with Crippen LogP contribution in [0.5, 0.6) is 0 Å². The summed E-state index contributed by atoms with van der Waals surface area (Å²) in [4.78, 5) is 20.5. The molecule has 3 aromatic heterocycles. The molecule has 28 heavy (non-hydrogen) atoms. The van der Waals surface area contributed by atoms with Crippen molar-refractivity contribution in [2.75, 3.05) is 7.05 Å². The van der Waals surface area contributed by atoms with E-state index in [4.69, 9.17) is 11.6 Å². The fraction of sp³-hybridized carbons (Fsp3) is 0.190. The Morgan fingerprint density at radius 3 is 2.64 bits per heavy atom. The predicted molar refractivity (Wildman–Crippen MR) is 113 cm³/mol. The number of carbonyl (C=O) groups is 1. The van der Waals surface area contributed by atoms with Crippen LogP contribution >= 0.6 is 22.9 Å². The summed E-state index contributed by atoms with van der Waals surface area (Å²) in [6, 6.07) is 13.3. The molecule has 4 aromatic rings. The molecule has 0 fully saturated rings. The van der Waals surface area contributed by atoms with Gasteiger partial charge in [-0.25, -0.2) is 4.68 Å². The number of halogens is 1. The molecule has 0 saturated heterocycles. The molecule has 3 heterocycles. The Bertz CT molecular complexity index is 1150. The van der Waals surface area contributed by atoms with Gasteiger partial charge >= 0.3 is 0 Å². The molecule has 0 saturated carbocycles. The molecular formula is C21H19ClN4OS. The molecule has 4 rings (SSSR count). The zero-order valence-electron chi connectivity index (χ0n) is 15.8. The number of thiophene rings is 1. The number of fused-ring (bicyclic) bond motifs is 1. The van der Waals surface area contributed by atoms with Crippen molar-refractivity contribution in [1.29, 1.82) is 0 Å². The number of amides is 1. The monoisotopic (exact) mass is 410 g/mol.